The Hall–Kier alpha value is -2.63. The molecule has 126 valence electrons. The van der Waals surface area contributed by atoms with Gasteiger partial charge in [-0.3, -0.25) is 9.59 Å². The Kier molecular flexibility index (Phi) is 4.38. The lowest BCUT2D eigenvalue weighted by Crippen LogP contribution is -2.30. The molecule has 24 heavy (non-hydrogen) atoms. The second-order valence-electron chi connectivity index (χ2n) is 5.99. The van der Waals surface area contributed by atoms with Gasteiger partial charge in [0.25, 0.3) is 5.91 Å². The molecule has 1 fully saturated rings. The van der Waals surface area contributed by atoms with E-state index in [1.54, 1.807) is 18.7 Å². The van der Waals surface area contributed by atoms with Crippen LogP contribution in [-0.4, -0.2) is 42.0 Å². The van der Waals surface area contributed by atoms with Crippen LogP contribution in [0, 0.1) is 19.8 Å². The predicted molar refractivity (Wildman–Crippen MR) is 86.6 cm³/mol. The number of hydrogen-bond acceptors (Lipinski definition) is 5. The van der Waals surface area contributed by atoms with Gasteiger partial charge in [0.1, 0.15) is 5.76 Å². The van der Waals surface area contributed by atoms with E-state index in [0.717, 1.165) is 5.56 Å². The van der Waals surface area contributed by atoms with Crippen LogP contribution in [0.15, 0.2) is 34.7 Å². The number of oxazole rings is 1. The van der Waals surface area contributed by atoms with Crippen molar-refractivity contribution < 1.29 is 18.7 Å². The molecule has 0 aliphatic carbocycles. The zero-order valence-electron chi connectivity index (χ0n) is 14.0. The average Bonchev–Trinajstić information content (AvgIpc) is 3.18. The van der Waals surface area contributed by atoms with Crippen molar-refractivity contribution in [1.29, 1.82) is 0 Å². The van der Waals surface area contributed by atoms with E-state index in [9.17, 15) is 9.59 Å². The lowest BCUT2D eigenvalue weighted by atomic mass is 9.89. The third-order valence-corrected chi connectivity index (χ3v) is 4.44. The minimum absolute atomic E-state index is 0.0871. The van der Waals surface area contributed by atoms with E-state index in [1.807, 2.05) is 30.3 Å². The normalized spacial score (nSPS) is 20.2. The van der Waals surface area contributed by atoms with Crippen molar-refractivity contribution in [3.05, 3.63) is 53.2 Å². The third kappa shape index (κ3) is 2.91. The van der Waals surface area contributed by atoms with Crippen molar-refractivity contribution >= 4 is 11.9 Å². The number of methoxy groups -OCH3 is 1. The number of amides is 1. The van der Waals surface area contributed by atoms with Gasteiger partial charge in [-0.25, -0.2) is 4.98 Å². The molecule has 0 unspecified atom stereocenters. The molecular weight excluding hydrogens is 308 g/mol. The molecule has 0 saturated carbocycles. The molecule has 1 amide bonds. The zero-order valence-corrected chi connectivity index (χ0v) is 14.0. The molecule has 3 rings (SSSR count). The monoisotopic (exact) mass is 328 g/mol. The van der Waals surface area contributed by atoms with E-state index in [-0.39, 0.29) is 23.7 Å². The maximum absolute atomic E-state index is 12.8. The van der Waals surface area contributed by atoms with Crippen LogP contribution in [0.3, 0.4) is 0 Å². The molecular formula is C18H20N2O4. The summed E-state index contributed by atoms with van der Waals surface area (Å²) < 4.78 is 10.3. The number of carbonyl (C=O) groups excluding carboxylic acids is 2. The standard InChI is InChI=1S/C18H20N2O4/c1-11-16(19-12(2)24-11)17(21)20-9-14(13-7-5-4-6-8-13)15(10-20)18(22)23-3/h4-8,14-15H,9-10H2,1-3H3/t14-,15+/m1/s1. The zero-order chi connectivity index (χ0) is 17.3. The van der Waals surface area contributed by atoms with E-state index >= 15 is 0 Å². The fourth-order valence-corrected chi connectivity index (χ4v) is 3.27. The highest BCUT2D eigenvalue weighted by molar-refractivity contribution is 5.94. The highest BCUT2D eigenvalue weighted by Gasteiger charge is 2.42. The molecule has 6 heteroatoms. The van der Waals surface area contributed by atoms with Gasteiger partial charge in [-0.1, -0.05) is 30.3 Å². The molecule has 0 bridgehead atoms. The van der Waals surface area contributed by atoms with E-state index in [4.69, 9.17) is 9.15 Å². The van der Waals surface area contributed by atoms with E-state index in [1.165, 1.54) is 7.11 Å². The summed E-state index contributed by atoms with van der Waals surface area (Å²) in [5, 5.41) is 0. The Morgan fingerprint density at radius 2 is 1.92 bits per heavy atom. The fraction of sp³-hybridized carbons (Fsp3) is 0.389. The SMILES string of the molecule is COC(=O)[C@H]1CN(C(=O)c2nc(C)oc2C)C[C@@H]1c1ccccc1. The largest absolute Gasteiger partial charge is 0.469 e. The topological polar surface area (TPSA) is 72.6 Å². The highest BCUT2D eigenvalue weighted by atomic mass is 16.5. The predicted octanol–water partition coefficient (Wildman–Crippen LogP) is 2.32. The number of likely N-dealkylation sites (tertiary alicyclic amines) is 1. The summed E-state index contributed by atoms with van der Waals surface area (Å²) in [5.74, 6) is -0.0242. The van der Waals surface area contributed by atoms with E-state index in [2.05, 4.69) is 4.98 Å². The van der Waals surface area contributed by atoms with Crippen LogP contribution >= 0.6 is 0 Å². The maximum Gasteiger partial charge on any atom is 0.311 e. The number of benzene rings is 1. The van der Waals surface area contributed by atoms with Gasteiger partial charge in [0.05, 0.1) is 13.0 Å². The minimum Gasteiger partial charge on any atom is -0.469 e. The Morgan fingerprint density at radius 3 is 2.50 bits per heavy atom. The second kappa shape index (κ2) is 6.47. The van der Waals surface area contributed by atoms with Crippen LogP contribution in [-0.2, 0) is 9.53 Å². The number of aryl methyl sites for hydroxylation is 2. The van der Waals surface area contributed by atoms with Crippen molar-refractivity contribution in [2.45, 2.75) is 19.8 Å². The van der Waals surface area contributed by atoms with Gasteiger partial charge < -0.3 is 14.1 Å². The first-order chi connectivity index (χ1) is 11.5. The fourth-order valence-electron chi connectivity index (χ4n) is 3.27. The summed E-state index contributed by atoms with van der Waals surface area (Å²) in [6.45, 7) is 4.19. The quantitative estimate of drug-likeness (QED) is 0.809. The summed E-state index contributed by atoms with van der Waals surface area (Å²) >= 11 is 0. The maximum atomic E-state index is 12.8. The number of esters is 1. The summed E-state index contributed by atoms with van der Waals surface area (Å²) in [7, 11) is 1.38. The van der Waals surface area contributed by atoms with Crippen LogP contribution in [0.5, 0.6) is 0 Å². The molecule has 1 aliphatic heterocycles. The Morgan fingerprint density at radius 1 is 1.21 bits per heavy atom. The molecule has 0 N–H and O–H groups in total. The first-order valence-electron chi connectivity index (χ1n) is 7.87. The molecule has 6 nitrogen and oxygen atoms in total. The van der Waals surface area contributed by atoms with E-state index < -0.39 is 0 Å². The molecule has 1 aromatic heterocycles. The molecule has 2 atom stereocenters. The summed E-state index contributed by atoms with van der Waals surface area (Å²) in [6.07, 6.45) is 0. The summed E-state index contributed by atoms with van der Waals surface area (Å²) in [4.78, 5) is 30.8. The smallest absolute Gasteiger partial charge is 0.311 e. The molecule has 1 aliphatic rings. The minimum atomic E-state index is -0.380. The van der Waals surface area contributed by atoms with Gasteiger partial charge in [0.2, 0.25) is 0 Å². The van der Waals surface area contributed by atoms with Gasteiger partial charge in [-0.2, -0.15) is 0 Å². The second-order valence-corrected chi connectivity index (χ2v) is 5.99. The number of rotatable bonds is 3. The molecule has 1 saturated heterocycles. The van der Waals surface area contributed by atoms with Crippen molar-refractivity contribution in [2.24, 2.45) is 5.92 Å². The molecule has 0 spiro atoms. The van der Waals surface area contributed by atoms with Gasteiger partial charge >= 0.3 is 5.97 Å². The highest BCUT2D eigenvalue weighted by Crippen LogP contribution is 2.34. The first-order valence-corrected chi connectivity index (χ1v) is 7.87. The summed E-state index contributed by atoms with van der Waals surface area (Å²) in [5.41, 5.74) is 1.33. The van der Waals surface area contributed by atoms with Crippen molar-refractivity contribution in [2.75, 3.05) is 20.2 Å². The first kappa shape index (κ1) is 16.2. The van der Waals surface area contributed by atoms with Gasteiger partial charge in [-0.05, 0) is 12.5 Å². The van der Waals surface area contributed by atoms with Crippen LogP contribution in [0.2, 0.25) is 0 Å². The van der Waals surface area contributed by atoms with Crippen molar-refractivity contribution in [1.82, 2.24) is 9.88 Å². The van der Waals surface area contributed by atoms with Gasteiger partial charge in [-0.15, -0.1) is 0 Å². The van der Waals surface area contributed by atoms with E-state index in [0.29, 0.717) is 30.4 Å². The Labute approximate surface area is 140 Å². The number of ether oxygens (including phenoxy) is 1. The average molecular weight is 328 g/mol. The number of aromatic nitrogens is 1. The van der Waals surface area contributed by atoms with Crippen LogP contribution in [0.1, 0.15) is 33.6 Å². The number of hydrogen-bond donors (Lipinski definition) is 0. The van der Waals surface area contributed by atoms with Crippen molar-refractivity contribution in [3.8, 4) is 0 Å². The molecule has 2 aromatic rings. The van der Waals surface area contributed by atoms with Gasteiger partial charge in [0.15, 0.2) is 11.6 Å². The Balaban J connectivity index is 1.88. The lowest BCUT2D eigenvalue weighted by molar-refractivity contribution is -0.145. The third-order valence-electron chi connectivity index (χ3n) is 4.44. The van der Waals surface area contributed by atoms with Crippen LogP contribution < -0.4 is 0 Å². The van der Waals surface area contributed by atoms with Gasteiger partial charge in [0, 0.05) is 25.9 Å². The molecule has 2 heterocycles. The molecule has 1 aromatic carbocycles. The lowest BCUT2D eigenvalue weighted by Gasteiger charge is -2.16. The molecule has 0 radical (unpaired) electrons. The number of nitrogens with zero attached hydrogens (tertiary/aromatic N) is 2. The number of carbonyl (C=O) groups is 2. The Bertz CT molecular complexity index is 754. The van der Waals surface area contributed by atoms with Crippen LogP contribution in [0.4, 0.5) is 0 Å². The summed E-state index contributed by atoms with van der Waals surface area (Å²) in [6, 6.07) is 9.73. The van der Waals surface area contributed by atoms with Crippen molar-refractivity contribution in [3.63, 3.8) is 0 Å². The van der Waals surface area contributed by atoms with Crippen LogP contribution in [0.25, 0.3) is 0 Å².